The van der Waals surface area contributed by atoms with Crippen LogP contribution in [0.1, 0.15) is 22.8 Å². The zero-order chi connectivity index (χ0) is 17.7. The van der Waals surface area contributed by atoms with Gasteiger partial charge in [-0.2, -0.15) is 0 Å². The summed E-state index contributed by atoms with van der Waals surface area (Å²) in [5, 5.41) is 0.563. The molecule has 2 aromatic rings. The van der Waals surface area contributed by atoms with Crippen molar-refractivity contribution in [3.63, 3.8) is 0 Å². The number of nitrogens with one attached hydrogen (secondary N) is 1. The fourth-order valence-corrected chi connectivity index (χ4v) is 2.91. The third-order valence-electron chi connectivity index (χ3n) is 3.10. The van der Waals surface area contributed by atoms with Crippen molar-refractivity contribution in [3.05, 3.63) is 70.8 Å². The van der Waals surface area contributed by atoms with Crippen LogP contribution in [0.25, 0.3) is 6.08 Å². The van der Waals surface area contributed by atoms with Crippen molar-refractivity contribution in [1.82, 2.24) is 4.72 Å². The second kappa shape index (κ2) is 7.42. The van der Waals surface area contributed by atoms with Gasteiger partial charge in [-0.3, -0.25) is 9.59 Å². The maximum absolute atomic E-state index is 12.1. The van der Waals surface area contributed by atoms with Gasteiger partial charge in [0.25, 0.3) is 15.9 Å². The molecule has 7 heteroatoms. The molecule has 0 spiro atoms. The van der Waals surface area contributed by atoms with E-state index < -0.39 is 15.9 Å². The molecule has 0 heterocycles. The van der Waals surface area contributed by atoms with Gasteiger partial charge in [-0.25, -0.2) is 13.1 Å². The lowest BCUT2D eigenvalue weighted by atomic mass is 10.2. The zero-order valence-corrected chi connectivity index (χ0v) is 14.3. The summed E-state index contributed by atoms with van der Waals surface area (Å²) in [6.07, 6.45) is 2.59. The largest absolute Gasteiger partial charge is 0.295 e. The van der Waals surface area contributed by atoms with Crippen molar-refractivity contribution in [2.45, 2.75) is 11.8 Å². The second-order valence-corrected chi connectivity index (χ2v) is 7.05. The minimum absolute atomic E-state index is 0.0965. The normalized spacial score (nSPS) is 11.4. The summed E-state index contributed by atoms with van der Waals surface area (Å²) in [5.41, 5.74) is 1.10. The average Bonchev–Trinajstić information content (AvgIpc) is 2.54. The third kappa shape index (κ3) is 4.78. The smallest absolute Gasteiger partial charge is 0.264 e. The van der Waals surface area contributed by atoms with Crippen molar-refractivity contribution >= 4 is 39.4 Å². The van der Waals surface area contributed by atoms with E-state index in [0.717, 1.165) is 6.08 Å². The number of carbonyl (C=O) groups is 2. The van der Waals surface area contributed by atoms with Gasteiger partial charge in [0.1, 0.15) is 0 Å². The van der Waals surface area contributed by atoms with Gasteiger partial charge >= 0.3 is 0 Å². The lowest BCUT2D eigenvalue weighted by Crippen LogP contribution is -2.29. The molecular weight excluding hydrogens is 350 g/mol. The van der Waals surface area contributed by atoms with Gasteiger partial charge in [0.2, 0.25) is 0 Å². The number of rotatable bonds is 5. The number of benzene rings is 2. The van der Waals surface area contributed by atoms with Gasteiger partial charge in [-0.15, -0.1) is 0 Å². The summed E-state index contributed by atoms with van der Waals surface area (Å²) in [7, 11) is -4.00. The fraction of sp³-hybridized carbons (Fsp3) is 0.0588. The van der Waals surface area contributed by atoms with E-state index in [1.165, 1.54) is 37.3 Å². The van der Waals surface area contributed by atoms with E-state index in [0.29, 0.717) is 16.1 Å². The van der Waals surface area contributed by atoms with Crippen LogP contribution in [0, 0.1) is 0 Å². The van der Waals surface area contributed by atoms with Crippen molar-refractivity contribution in [2.24, 2.45) is 0 Å². The molecule has 1 amide bonds. The summed E-state index contributed by atoms with van der Waals surface area (Å²) in [4.78, 5) is 22.9. The van der Waals surface area contributed by atoms with Crippen LogP contribution in [0.3, 0.4) is 0 Å². The Morgan fingerprint density at radius 3 is 2.12 bits per heavy atom. The summed E-state index contributed by atoms with van der Waals surface area (Å²) in [6.45, 7) is 1.38. The molecule has 24 heavy (non-hydrogen) atoms. The molecule has 0 aliphatic heterocycles. The lowest BCUT2D eigenvalue weighted by molar-refractivity contribution is -0.114. The number of amides is 1. The van der Waals surface area contributed by atoms with Crippen LogP contribution in [0.2, 0.25) is 5.02 Å². The Morgan fingerprint density at radius 1 is 1.00 bits per heavy atom. The Kier molecular flexibility index (Phi) is 5.54. The molecule has 0 atom stereocenters. The standard InChI is InChI=1S/C17H14ClNO4S/c1-12(20)14-5-9-16(10-6-14)24(22,23)19-17(21)11-4-13-2-7-15(18)8-3-13/h2-11H,1H3,(H,19,21)/b11-4+. The highest BCUT2D eigenvalue weighted by atomic mass is 35.5. The number of hydrogen-bond donors (Lipinski definition) is 1. The highest BCUT2D eigenvalue weighted by molar-refractivity contribution is 7.90. The van der Waals surface area contributed by atoms with Gasteiger partial charge in [-0.05, 0) is 42.8 Å². The first kappa shape index (κ1) is 17.9. The molecular formula is C17H14ClNO4S. The fourth-order valence-electron chi connectivity index (χ4n) is 1.84. The van der Waals surface area contributed by atoms with E-state index in [2.05, 4.69) is 0 Å². The number of Topliss-reactive ketones (excluding diaryl/α,β-unsaturated/α-hetero) is 1. The molecule has 0 saturated carbocycles. The SMILES string of the molecule is CC(=O)c1ccc(S(=O)(=O)NC(=O)/C=C/c2ccc(Cl)cc2)cc1. The van der Waals surface area contributed by atoms with Gasteiger partial charge in [0.15, 0.2) is 5.78 Å². The van der Waals surface area contributed by atoms with Gasteiger partial charge in [-0.1, -0.05) is 35.9 Å². The number of hydrogen-bond acceptors (Lipinski definition) is 4. The molecule has 0 unspecified atom stereocenters. The van der Waals surface area contributed by atoms with E-state index in [4.69, 9.17) is 11.6 Å². The Hall–Kier alpha value is -2.44. The minimum atomic E-state index is -4.00. The molecule has 1 N–H and O–H groups in total. The Balaban J connectivity index is 2.09. The Morgan fingerprint density at radius 2 is 1.58 bits per heavy atom. The predicted molar refractivity (Wildman–Crippen MR) is 92.3 cm³/mol. The topological polar surface area (TPSA) is 80.3 Å². The molecule has 0 fully saturated rings. The summed E-state index contributed by atoms with van der Waals surface area (Å²) in [6, 6.07) is 12.0. The van der Waals surface area contributed by atoms with E-state index in [1.54, 1.807) is 24.3 Å². The van der Waals surface area contributed by atoms with Crippen molar-refractivity contribution in [3.8, 4) is 0 Å². The monoisotopic (exact) mass is 363 g/mol. The minimum Gasteiger partial charge on any atom is -0.295 e. The molecule has 0 aliphatic rings. The highest BCUT2D eigenvalue weighted by Crippen LogP contribution is 2.12. The van der Waals surface area contributed by atoms with Crippen LogP contribution in [0.5, 0.6) is 0 Å². The number of halogens is 1. The highest BCUT2D eigenvalue weighted by Gasteiger charge is 2.16. The van der Waals surface area contributed by atoms with Crippen LogP contribution in [0.4, 0.5) is 0 Å². The van der Waals surface area contributed by atoms with Crippen molar-refractivity contribution < 1.29 is 18.0 Å². The Bertz CT molecular complexity index is 885. The number of sulfonamides is 1. The summed E-state index contributed by atoms with van der Waals surface area (Å²) >= 11 is 5.76. The summed E-state index contributed by atoms with van der Waals surface area (Å²) in [5.74, 6) is -0.950. The predicted octanol–water partition coefficient (Wildman–Crippen LogP) is 3.06. The third-order valence-corrected chi connectivity index (χ3v) is 4.72. The number of ketones is 1. The maximum atomic E-state index is 12.1. The Labute approximate surface area is 145 Å². The maximum Gasteiger partial charge on any atom is 0.264 e. The van der Waals surface area contributed by atoms with E-state index >= 15 is 0 Å². The first-order valence-corrected chi connectivity index (χ1v) is 8.75. The van der Waals surface area contributed by atoms with Crippen molar-refractivity contribution in [2.75, 3.05) is 0 Å². The van der Waals surface area contributed by atoms with E-state index in [9.17, 15) is 18.0 Å². The summed E-state index contributed by atoms with van der Waals surface area (Å²) < 4.78 is 26.2. The average molecular weight is 364 g/mol. The molecule has 0 aliphatic carbocycles. The molecule has 2 aromatic carbocycles. The van der Waals surface area contributed by atoms with Gasteiger partial charge in [0, 0.05) is 16.7 Å². The van der Waals surface area contributed by atoms with Crippen LogP contribution in [-0.2, 0) is 14.8 Å². The van der Waals surface area contributed by atoms with Gasteiger partial charge < -0.3 is 0 Å². The molecule has 124 valence electrons. The van der Waals surface area contributed by atoms with Crippen molar-refractivity contribution in [1.29, 1.82) is 0 Å². The van der Waals surface area contributed by atoms with Crippen LogP contribution in [0.15, 0.2) is 59.5 Å². The molecule has 5 nitrogen and oxygen atoms in total. The molecule has 0 saturated heterocycles. The van der Waals surface area contributed by atoms with Crippen LogP contribution >= 0.6 is 11.6 Å². The molecule has 0 radical (unpaired) electrons. The molecule has 0 bridgehead atoms. The van der Waals surface area contributed by atoms with Gasteiger partial charge in [0.05, 0.1) is 4.90 Å². The van der Waals surface area contributed by atoms with E-state index in [-0.39, 0.29) is 10.7 Å². The zero-order valence-electron chi connectivity index (χ0n) is 12.7. The molecule has 2 rings (SSSR count). The van der Waals surface area contributed by atoms with Crippen LogP contribution in [-0.4, -0.2) is 20.1 Å². The first-order valence-electron chi connectivity index (χ1n) is 6.89. The second-order valence-electron chi connectivity index (χ2n) is 4.94. The first-order chi connectivity index (χ1) is 11.3. The van der Waals surface area contributed by atoms with Crippen LogP contribution < -0.4 is 4.72 Å². The number of carbonyl (C=O) groups excluding carboxylic acids is 2. The lowest BCUT2D eigenvalue weighted by Gasteiger charge is -2.05. The quantitative estimate of drug-likeness (QED) is 0.654. The van der Waals surface area contributed by atoms with E-state index in [1.807, 2.05) is 4.72 Å². The molecule has 0 aromatic heterocycles.